The fourth-order valence-electron chi connectivity index (χ4n) is 4.63. The Hall–Kier alpha value is -1.97. The molecule has 0 aliphatic heterocycles. The molecule has 1 nitrogen and oxygen atoms in total. The van der Waals surface area contributed by atoms with Crippen molar-refractivity contribution in [3.8, 4) is 5.75 Å². The van der Waals surface area contributed by atoms with E-state index in [4.69, 9.17) is 4.74 Å². The molecule has 0 unspecified atom stereocenters. The topological polar surface area (TPSA) is 9.23 Å². The molecule has 3 aromatic carbocycles. The van der Waals surface area contributed by atoms with E-state index in [-0.39, 0.29) is 0 Å². The summed E-state index contributed by atoms with van der Waals surface area (Å²) < 4.78 is 9.11. The molecule has 0 N–H and O–H groups in total. The zero-order valence-corrected chi connectivity index (χ0v) is 23.3. The van der Waals surface area contributed by atoms with Crippen LogP contribution in [0.3, 0.4) is 0 Å². The Morgan fingerprint density at radius 2 is 1.29 bits per heavy atom. The van der Waals surface area contributed by atoms with Crippen molar-refractivity contribution in [2.45, 2.75) is 25.9 Å². The van der Waals surface area contributed by atoms with Crippen LogP contribution in [0.1, 0.15) is 24.6 Å². The van der Waals surface area contributed by atoms with Crippen molar-refractivity contribution in [3.05, 3.63) is 107 Å². The fourth-order valence-corrected chi connectivity index (χ4v) is 15.6. The van der Waals surface area contributed by atoms with Gasteiger partial charge in [-0.15, -0.1) is 0 Å². The van der Waals surface area contributed by atoms with Crippen LogP contribution in [0.4, 0.5) is 0 Å². The van der Waals surface area contributed by atoms with Crippen LogP contribution in [0.2, 0.25) is 0 Å². The summed E-state index contributed by atoms with van der Waals surface area (Å²) in [5.74, 6) is 1.08. The molecule has 174 valence electrons. The Kier molecular flexibility index (Phi) is 6.95. The number of unbranched alkanes of at least 4 members (excludes halogenated alkanes) is 1. The molecule has 0 aliphatic rings. The molecule has 34 heavy (non-hydrogen) atoms. The van der Waals surface area contributed by atoms with Gasteiger partial charge in [-0.25, -0.2) is 0 Å². The molecule has 0 saturated carbocycles. The molecule has 5 heteroatoms. The van der Waals surface area contributed by atoms with Gasteiger partial charge in [0.25, 0.3) is 0 Å². The third-order valence-electron chi connectivity index (χ3n) is 6.39. The van der Waals surface area contributed by atoms with E-state index in [1.165, 1.54) is 30.2 Å². The summed E-state index contributed by atoms with van der Waals surface area (Å²) in [5.41, 5.74) is 0. The maximum atomic E-state index is 6.51. The number of benzene rings is 3. The first-order valence-corrected chi connectivity index (χ1v) is 17.8. The number of fused-ring (bicyclic) bond motifs is 1. The van der Waals surface area contributed by atoms with Crippen molar-refractivity contribution < 1.29 is 4.74 Å². The Balaban J connectivity index is 1.79. The zero-order valence-electron chi connectivity index (χ0n) is 19.2. The molecule has 0 saturated heterocycles. The molecule has 0 aliphatic carbocycles. The molecule has 0 amide bonds. The maximum absolute atomic E-state index is 6.51. The van der Waals surface area contributed by atoms with E-state index in [1.54, 1.807) is 11.3 Å². The van der Waals surface area contributed by atoms with Gasteiger partial charge >= 0.3 is 219 Å². The van der Waals surface area contributed by atoms with Crippen LogP contribution in [0.15, 0.2) is 102 Å². The van der Waals surface area contributed by atoms with Crippen molar-refractivity contribution in [3.63, 3.8) is 0 Å². The molecule has 0 atom stereocenters. The molecule has 2 aromatic heterocycles. The van der Waals surface area contributed by atoms with E-state index in [0.29, 0.717) is 0 Å². The predicted molar refractivity (Wildman–Crippen MR) is 158 cm³/mol. The SMILES string of the molecule is CCCCOc1c(CP(Br)(c2ccccc2)(c2ccccc2)c2ccccc2)sc2ccsc12. The number of ether oxygens (including phenoxy) is 1. The van der Waals surface area contributed by atoms with E-state index in [9.17, 15) is 0 Å². The summed E-state index contributed by atoms with van der Waals surface area (Å²) in [6.45, 7) is 2.97. The van der Waals surface area contributed by atoms with Gasteiger partial charge in [0.15, 0.2) is 0 Å². The van der Waals surface area contributed by atoms with E-state index in [1.807, 2.05) is 11.3 Å². The average molecular weight is 568 g/mol. The van der Waals surface area contributed by atoms with Crippen LogP contribution in [-0.2, 0) is 6.16 Å². The van der Waals surface area contributed by atoms with Crippen molar-refractivity contribution >= 4 is 68.8 Å². The van der Waals surface area contributed by atoms with Gasteiger partial charge < -0.3 is 0 Å². The number of thiophene rings is 2. The molecule has 0 radical (unpaired) electrons. The molecule has 0 bridgehead atoms. The molecule has 5 aromatic rings. The third-order valence-corrected chi connectivity index (χ3v) is 18.3. The standard InChI is InChI=1S/C29H28BrOPS2/c1-2-3-20-31-28-27(34-26-19-21-33-29(26)28)22-32(30,23-13-7-4-8-14-23,24-15-9-5-10-16-24)25-17-11-6-12-18-25/h4-19,21H,2-3,20,22H2,1H3. The van der Waals surface area contributed by atoms with Crippen LogP contribution in [0, 0.1) is 0 Å². The van der Waals surface area contributed by atoms with Gasteiger partial charge in [-0.3, -0.25) is 0 Å². The van der Waals surface area contributed by atoms with Crippen LogP contribution in [0.5, 0.6) is 5.75 Å². The number of hydrogen-bond acceptors (Lipinski definition) is 3. The predicted octanol–water partition coefficient (Wildman–Crippen LogP) is 8.48. The monoisotopic (exact) mass is 566 g/mol. The quantitative estimate of drug-likeness (QED) is 0.128. The van der Waals surface area contributed by atoms with Gasteiger partial charge in [0.05, 0.1) is 0 Å². The summed E-state index contributed by atoms with van der Waals surface area (Å²) in [5, 5.41) is 3.13. The van der Waals surface area contributed by atoms with Gasteiger partial charge in [-0.2, -0.15) is 0 Å². The minimum absolute atomic E-state index is 0.757. The minimum atomic E-state index is -3.05. The van der Waals surface area contributed by atoms with E-state index in [2.05, 4.69) is 125 Å². The summed E-state index contributed by atoms with van der Waals surface area (Å²) in [7, 11) is 0. The zero-order chi connectivity index (χ0) is 23.5. The molecular formula is C29H28BrOPS2. The summed E-state index contributed by atoms with van der Waals surface area (Å²) in [4.78, 5) is 1.32. The number of halogens is 1. The second-order valence-electron chi connectivity index (χ2n) is 8.52. The van der Waals surface area contributed by atoms with Gasteiger partial charge in [0.1, 0.15) is 0 Å². The van der Waals surface area contributed by atoms with Crippen LogP contribution in [0.25, 0.3) is 9.40 Å². The number of rotatable bonds is 9. The Labute approximate surface area is 218 Å². The second-order valence-corrected chi connectivity index (χ2v) is 19.5. The van der Waals surface area contributed by atoms with E-state index >= 15 is 0 Å². The molecule has 0 fully saturated rings. The van der Waals surface area contributed by atoms with Gasteiger partial charge in [0, 0.05) is 0 Å². The normalized spacial score (nSPS) is 12.9. The van der Waals surface area contributed by atoms with Crippen LogP contribution < -0.4 is 20.7 Å². The van der Waals surface area contributed by atoms with Crippen molar-refractivity contribution in [1.29, 1.82) is 0 Å². The van der Waals surface area contributed by atoms with Crippen molar-refractivity contribution in [1.82, 2.24) is 0 Å². The first kappa shape index (κ1) is 23.8. The third kappa shape index (κ3) is 4.05. The Morgan fingerprint density at radius 1 is 0.765 bits per heavy atom. The summed E-state index contributed by atoms with van der Waals surface area (Å²) in [6.07, 6.45) is 3.07. The summed E-state index contributed by atoms with van der Waals surface area (Å²) in [6, 6.07) is 35.3. The van der Waals surface area contributed by atoms with Crippen molar-refractivity contribution in [2.75, 3.05) is 6.61 Å². The number of hydrogen-bond donors (Lipinski definition) is 0. The molecule has 5 rings (SSSR count). The molecular weight excluding hydrogens is 539 g/mol. The second kappa shape index (κ2) is 9.95. The fraction of sp³-hybridized carbons (Fsp3) is 0.172. The van der Waals surface area contributed by atoms with E-state index in [0.717, 1.165) is 31.4 Å². The van der Waals surface area contributed by atoms with E-state index < -0.39 is 5.31 Å². The van der Waals surface area contributed by atoms with Gasteiger partial charge in [-0.1, -0.05) is 0 Å². The molecule has 2 heterocycles. The Bertz CT molecular complexity index is 1260. The summed E-state index contributed by atoms with van der Waals surface area (Å²) >= 11 is 8.28. The van der Waals surface area contributed by atoms with Gasteiger partial charge in [-0.05, 0) is 0 Å². The first-order valence-electron chi connectivity index (χ1n) is 11.7. The average Bonchev–Trinajstić information content (AvgIpc) is 3.48. The van der Waals surface area contributed by atoms with Crippen LogP contribution >= 0.6 is 43.5 Å². The van der Waals surface area contributed by atoms with Crippen molar-refractivity contribution in [2.24, 2.45) is 0 Å². The van der Waals surface area contributed by atoms with Gasteiger partial charge in [0.2, 0.25) is 0 Å². The van der Waals surface area contributed by atoms with Crippen LogP contribution in [-0.4, -0.2) is 6.61 Å². The first-order chi connectivity index (χ1) is 16.6. The molecule has 0 spiro atoms. The Morgan fingerprint density at radius 3 is 1.79 bits per heavy atom.